The molecular weight excluding hydrogens is 266 g/mol. The number of likely N-dealkylation sites (N-methyl/N-ethyl adjacent to an activating group) is 1. The number of nitrogen functional groups attached to an aromatic ring is 1. The maximum absolute atomic E-state index is 6.16. The first kappa shape index (κ1) is 14.0. The number of piperazine rings is 1. The van der Waals surface area contributed by atoms with Gasteiger partial charge in [0.25, 0.3) is 0 Å². The van der Waals surface area contributed by atoms with E-state index >= 15 is 0 Å². The minimum absolute atomic E-state index is 0.116. The van der Waals surface area contributed by atoms with Crippen LogP contribution in [0.25, 0.3) is 11.0 Å². The fourth-order valence-corrected chi connectivity index (χ4v) is 2.72. The molecule has 0 saturated carbocycles. The quantitative estimate of drug-likeness (QED) is 0.922. The highest BCUT2D eigenvalue weighted by Gasteiger charge is 2.20. The Balaban J connectivity index is 2.01. The van der Waals surface area contributed by atoms with Crippen LogP contribution in [0, 0.1) is 0 Å². The van der Waals surface area contributed by atoms with E-state index in [1.807, 2.05) is 36.7 Å². The summed E-state index contributed by atoms with van der Waals surface area (Å²) < 4.78 is 7.87. The zero-order valence-electron chi connectivity index (χ0n) is 12.9. The summed E-state index contributed by atoms with van der Waals surface area (Å²) in [6, 6.07) is 5.99. The summed E-state index contributed by atoms with van der Waals surface area (Å²) in [4.78, 5) is 6.84. The van der Waals surface area contributed by atoms with Crippen LogP contribution in [0.3, 0.4) is 0 Å². The number of hydrogen-bond donors (Lipinski definition) is 1. The molecule has 0 bridgehead atoms. The van der Waals surface area contributed by atoms with E-state index in [4.69, 9.17) is 10.5 Å². The number of nitrogens with two attached hydrogens (primary N) is 1. The molecule has 1 aliphatic rings. The second kappa shape index (κ2) is 5.44. The molecule has 6 nitrogen and oxygen atoms in total. The maximum atomic E-state index is 6.16. The minimum Gasteiger partial charge on any atom is -0.489 e. The SMILES string of the molecule is CC(C)Oc1cccc2c1nc(N)n2N1CCN(C)CC1. The first-order chi connectivity index (χ1) is 10.1. The Morgan fingerprint density at radius 1 is 1.19 bits per heavy atom. The smallest absolute Gasteiger partial charge is 0.220 e. The molecule has 0 atom stereocenters. The summed E-state index contributed by atoms with van der Waals surface area (Å²) in [6.45, 7) is 7.98. The molecule has 6 heteroatoms. The zero-order chi connectivity index (χ0) is 15.0. The minimum atomic E-state index is 0.116. The molecule has 1 fully saturated rings. The van der Waals surface area contributed by atoms with Crippen molar-refractivity contribution in [3.8, 4) is 5.75 Å². The Labute approximate surface area is 125 Å². The van der Waals surface area contributed by atoms with Crippen molar-refractivity contribution in [3.63, 3.8) is 0 Å². The first-order valence-corrected chi connectivity index (χ1v) is 7.43. The van der Waals surface area contributed by atoms with Crippen molar-refractivity contribution in [3.05, 3.63) is 18.2 Å². The molecule has 0 radical (unpaired) electrons. The summed E-state index contributed by atoms with van der Waals surface area (Å²) in [6.07, 6.45) is 0.116. The van der Waals surface area contributed by atoms with Crippen LogP contribution < -0.4 is 15.5 Å². The predicted octanol–water partition coefficient (Wildman–Crippen LogP) is 1.29. The molecule has 2 N–H and O–H groups in total. The second-order valence-corrected chi connectivity index (χ2v) is 5.83. The molecular formula is C15H23N5O. The molecule has 1 saturated heterocycles. The molecule has 2 heterocycles. The van der Waals surface area contributed by atoms with Gasteiger partial charge in [0.05, 0.1) is 11.6 Å². The van der Waals surface area contributed by atoms with Crippen LogP contribution in [-0.4, -0.2) is 53.9 Å². The van der Waals surface area contributed by atoms with E-state index in [-0.39, 0.29) is 6.10 Å². The Morgan fingerprint density at radius 2 is 1.90 bits per heavy atom. The average molecular weight is 289 g/mol. The third-order valence-corrected chi connectivity index (χ3v) is 3.77. The van der Waals surface area contributed by atoms with Crippen molar-refractivity contribution in [2.24, 2.45) is 0 Å². The van der Waals surface area contributed by atoms with E-state index in [1.165, 1.54) is 0 Å². The van der Waals surface area contributed by atoms with E-state index in [2.05, 4.69) is 21.9 Å². The molecule has 1 aromatic heterocycles. The van der Waals surface area contributed by atoms with Crippen molar-refractivity contribution in [2.75, 3.05) is 44.0 Å². The number of nitrogens with zero attached hydrogens (tertiary/aromatic N) is 4. The van der Waals surface area contributed by atoms with Gasteiger partial charge in [-0.05, 0) is 33.0 Å². The van der Waals surface area contributed by atoms with Gasteiger partial charge in [-0.25, -0.2) is 9.66 Å². The Bertz CT molecular complexity index is 628. The van der Waals surface area contributed by atoms with Crippen LogP contribution in [0.5, 0.6) is 5.75 Å². The number of benzene rings is 1. The largest absolute Gasteiger partial charge is 0.489 e. The fourth-order valence-electron chi connectivity index (χ4n) is 2.72. The molecule has 1 aliphatic heterocycles. The monoisotopic (exact) mass is 289 g/mol. The van der Waals surface area contributed by atoms with Crippen molar-refractivity contribution < 1.29 is 4.74 Å². The van der Waals surface area contributed by atoms with Gasteiger partial charge in [-0.15, -0.1) is 0 Å². The number of ether oxygens (including phenoxy) is 1. The van der Waals surface area contributed by atoms with Crippen LogP contribution in [0.2, 0.25) is 0 Å². The molecule has 21 heavy (non-hydrogen) atoms. The Kier molecular flexibility index (Phi) is 3.63. The van der Waals surface area contributed by atoms with E-state index in [0.717, 1.165) is 43.0 Å². The molecule has 0 spiro atoms. The van der Waals surface area contributed by atoms with Gasteiger partial charge in [0.1, 0.15) is 11.3 Å². The lowest BCUT2D eigenvalue weighted by atomic mass is 10.3. The lowest BCUT2D eigenvalue weighted by Gasteiger charge is -2.35. The van der Waals surface area contributed by atoms with Crippen molar-refractivity contribution in [1.82, 2.24) is 14.6 Å². The lowest BCUT2D eigenvalue weighted by molar-refractivity contribution is 0.245. The highest BCUT2D eigenvalue weighted by molar-refractivity contribution is 5.84. The van der Waals surface area contributed by atoms with Crippen molar-refractivity contribution in [1.29, 1.82) is 0 Å². The molecule has 0 unspecified atom stereocenters. The first-order valence-electron chi connectivity index (χ1n) is 7.43. The highest BCUT2D eigenvalue weighted by atomic mass is 16.5. The predicted molar refractivity (Wildman–Crippen MR) is 85.4 cm³/mol. The van der Waals surface area contributed by atoms with E-state index in [1.54, 1.807) is 0 Å². The number of rotatable bonds is 3. The van der Waals surface area contributed by atoms with Gasteiger partial charge in [-0.3, -0.25) is 0 Å². The van der Waals surface area contributed by atoms with Crippen LogP contribution >= 0.6 is 0 Å². The van der Waals surface area contributed by atoms with Crippen molar-refractivity contribution >= 4 is 17.0 Å². The van der Waals surface area contributed by atoms with Crippen LogP contribution in [-0.2, 0) is 0 Å². The summed E-state index contributed by atoms with van der Waals surface area (Å²) in [5.41, 5.74) is 8.00. The summed E-state index contributed by atoms with van der Waals surface area (Å²) >= 11 is 0. The third kappa shape index (κ3) is 2.63. The fraction of sp³-hybridized carbons (Fsp3) is 0.533. The summed E-state index contributed by atoms with van der Waals surface area (Å²) in [7, 11) is 2.14. The molecule has 0 amide bonds. The number of hydrogen-bond acceptors (Lipinski definition) is 5. The van der Waals surface area contributed by atoms with Crippen LogP contribution in [0.4, 0.5) is 5.95 Å². The molecule has 2 aromatic rings. The molecule has 0 aliphatic carbocycles. The van der Waals surface area contributed by atoms with Gasteiger partial charge >= 0.3 is 0 Å². The normalized spacial score (nSPS) is 16.9. The lowest BCUT2D eigenvalue weighted by Crippen LogP contribution is -2.50. The van der Waals surface area contributed by atoms with Crippen molar-refractivity contribution in [2.45, 2.75) is 20.0 Å². The maximum Gasteiger partial charge on any atom is 0.220 e. The topological polar surface area (TPSA) is 59.6 Å². The third-order valence-electron chi connectivity index (χ3n) is 3.77. The van der Waals surface area contributed by atoms with Gasteiger partial charge in [0.2, 0.25) is 5.95 Å². The van der Waals surface area contributed by atoms with Crippen LogP contribution in [0.1, 0.15) is 13.8 Å². The van der Waals surface area contributed by atoms with Gasteiger partial charge < -0.3 is 20.4 Å². The van der Waals surface area contributed by atoms with Gasteiger partial charge in [-0.2, -0.15) is 0 Å². The number of imidazole rings is 1. The Hall–Kier alpha value is -1.95. The second-order valence-electron chi connectivity index (χ2n) is 5.83. The number of anilines is 1. The van der Waals surface area contributed by atoms with Gasteiger partial charge in [0.15, 0.2) is 0 Å². The summed E-state index contributed by atoms with van der Waals surface area (Å²) in [5, 5.41) is 2.25. The molecule has 1 aromatic carbocycles. The zero-order valence-corrected chi connectivity index (χ0v) is 12.9. The number of fused-ring (bicyclic) bond motifs is 1. The molecule has 114 valence electrons. The number of para-hydroxylation sites is 1. The van der Waals surface area contributed by atoms with Gasteiger partial charge in [0, 0.05) is 26.2 Å². The van der Waals surface area contributed by atoms with Crippen LogP contribution in [0.15, 0.2) is 18.2 Å². The van der Waals surface area contributed by atoms with Gasteiger partial charge in [-0.1, -0.05) is 6.07 Å². The highest BCUT2D eigenvalue weighted by Crippen LogP contribution is 2.28. The van der Waals surface area contributed by atoms with E-state index in [9.17, 15) is 0 Å². The standard InChI is InChI=1S/C15H23N5O/c1-11(2)21-13-6-4-5-12-14(13)17-15(16)20(12)19-9-7-18(3)8-10-19/h4-6,11H,7-10H2,1-3H3,(H2,16,17). The Morgan fingerprint density at radius 3 is 2.57 bits per heavy atom. The van der Waals surface area contributed by atoms with E-state index < -0.39 is 0 Å². The van der Waals surface area contributed by atoms with E-state index in [0.29, 0.717) is 5.95 Å². The summed E-state index contributed by atoms with van der Waals surface area (Å²) in [5.74, 6) is 1.32. The number of aromatic nitrogens is 2. The molecule has 3 rings (SSSR count). The average Bonchev–Trinajstić information content (AvgIpc) is 2.77.